The lowest BCUT2D eigenvalue weighted by Gasteiger charge is -2.01. The first-order valence-electron chi connectivity index (χ1n) is 5.06. The number of hydrogen-bond acceptors (Lipinski definition) is 6. The molecule has 0 fully saturated rings. The van der Waals surface area contributed by atoms with Crippen LogP contribution in [0.5, 0.6) is 0 Å². The number of H-pyrrole nitrogens is 1. The highest BCUT2D eigenvalue weighted by Crippen LogP contribution is 2.21. The lowest BCUT2D eigenvalue weighted by atomic mass is 10.2. The number of nitrogens with two attached hydrogens (primary N) is 1. The summed E-state index contributed by atoms with van der Waals surface area (Å²) >= 11 is 1.17. The second kappa shape index (κ2) is 5.01. The average Bonchev–Trinajstić information content (AvgIpc) is 2.28. The van der Waals surface area contributed by atoms with Gasteiger partial charge < -0.3 is 10.7 Å². The fourth-order valence-electron chi connectivity index (χ4n) is 1.25. The normalized spacial score (nSPS) is 10.3. The molecular weight excluding hydrogens is 252 g/mol. The van der Waals surface area contributed by atoms with Crippen molar-refractivity contribution in [3.8, 4) is 0 Å². The molecule has 0 unspecified atom stereocenters. The van der Waals surface area contributed by atoms with Crippen LogP contribution >= 0.6 is 11.8 Å². The SMILES string of the molecule is CC(=O)c1ccc(Sc2nc(N)cc(=O)[nH]2)nc1. The highest BCUT2D eigenvalue weighted by molar-refractivity contribution is 7.99. The molecule has 0 radical (unpaired) electrons. The minimum absolute atomic E-state index is 0.0467. The second-order valence-corrected chi connectivity index (χ2v) is 4.53. The Labute approximate surface area is 107 Å². The highest BCUT2D eigenvalue weighted by atomic mass is 32.2. The van der Waals surface area contributed by atoms with E-state index in [0.29, 0.717) is 15.7 Å². The Balaban J connectivity index is 2.23. The molecule has 0 saturated carbocycles. The van der Waals surface area contributed by atoms with E-state index in [-0.39, 0.29) is 17.2 Å². The van der Waals surface area contributed by atoms with Gasteiger partial charge in [0.1, 0.15) is 10.8 Å². The molecule has 2 aromatic rings. The van der Waals surface area contributed by atoms with E-state index in [1.165, 1.54) is 30.9 Å². The zero-order valence-corrected chi connectivity index (χ0v) is 10.3. The third kappa shape index (κ3) is 2.95. The maximum absolute atomic E-state index is 11.2. The Kier molecular flexibility index (Phi) is 3.42. The molecule has 0 amide bonds. The van der Waals surface area contributed by atoms with E-state index in [1.807, 2.05) is 0 Å². The van der Waals surface area contributed by atoms with E-state index in [4.69, 9.17) is 5.73 Å². The van der Waals surface area contributed by atoms with Gasteiger partial charge in [-0.05, 0) is 30.8 Å². The number of nitrogen functional groups attached to an aromatic ring is 1. The molecular formula is C11H10N4O2S. The van der Waals surface area contributed by atoms with Gasteiger partial charge >= 0.3 is 0 Å². The first-order valence-corrected chi connectivity index (χ1v) is 5.88. The van der Waals surface area contributed by atoms with Gasteiger partial charge in [-0.3, -0.25) is 9.59 Å². The summed E-state index contributed by atoms with van der Waals surface area (Å²) in [7, 11) is 0. The monoisotopic (exact) mass is 262 g/mol. The van der Waals surface area contributed by atoms with Crippen molar-refractivity contribution in [2.45, 2.75) is 17.1 Å². The molecule has 0 spiro atoms. The van der Waals surface area contributed by atoms with E-state index >= 15 is 0 Å². The number of rotatable bonds is 3. The lowest BCUT2D eigenvalue weighted by Crippen LogP contribution is -2.09. The topological polar surface area (TPSA) is 102 Å². The minimum Gasteiger partial charge on any atom is -0.383 e. The Bertz CT molecular complexity index is 636. The first kappa shape index (κ1) is 12.3. The fourth-order valence-corrected chi connectivity index (χ4v) is 1.99. The maximum atomic E-state index is 11.2. The van der Waals surface area contributed by atoms with E-state index in [2.05, 4.69) is 15.0 Å². The van der Waals surface area contributed by atoms with Crippen LogP contribution in [0.15, 0.2) is 39.4 Å². The number of carbonyl (C=O) groups is 1. The summed E-state index contributed by atoms with van der Waals surface area (Å²) in [5.74, 6) is 0.108. The van der Waals surface area contributed by atoms with Crippen LogP contribution in [-0.2, 0) is 0 Å². The van der Waals surface area contributed by atoms with Crippen molar-refractivity contribution in [1.29, 1.82) is 0 Å². The summed E-state index contributed by atoms with van der Waals surface area (Å²) < 4.78 is 0. The van der Waals surface area contributed by atoms with Crippen LogP contribution in [0.25, 0.3) is 0 Å². The van der Waals surface area contributed by atoms with E-state index in [0.717, 1.165) is 0 Å². The van der Waals surface area contributed by atoms with Gasteiger partial charge in [-0.25, -0.2) is 9.97 Å². The van der Waals surface area contributed by atoms with Crippen LogP contribution < -0.4 is 11.3 Å². The van der Waals surface area contributed by atoms with Gasteiger partial charge in [-0.15, -0.1) is 0 Å². The summed E-state index contributed by atoms with van der Waals surface area (Å²) in [6.45, 7) is 1.47. The maximum Gasteiger partial charge on any atom is 0.253 e. The molecule has 0 atom stereocenters. The van der Waals surface area contributed by atoms with Crippen LogP contribution in [0, 0.1) is 0 Å². The summed E-state index contributed by atoms with van der Waals surface area (Å²) in [4.78, 5) is 32.9. The van der Waals surface area contributed by atoms with Crippen LogP contribution in [0.1, 0.15) is 17.3 Å². The molecule has 0 aliphatic carbocycles. The average molecular weight is 262 g/mol. The predicted molar refractivity (Wildman–Crippen MR) is 67.6 cm³/mol. The Morgan fingerprint density at radius 3 is 2.78 bits per heavy atom. The quantitative estimate of drug-likeness (QED) is 0.634. The third-order valence-corrected chi connectivity index (χ3v) is 2.92. The molecule has 0 aliphatic rings. The predicted octanol–water partition coefficient (Wildman–Crippen LogP) is 1.10. The van der Waals surface area contributed by atoms with Gasteiger partial charge in [0.2, 0.25) is 0 Å². The fraction of sp³-hybridized carbons (Fsp3) is 0.0909. The molecule has 0 saturated heterocycles. The third-order valence-electron chi connectivity index (χ3n) is 2.08. The number of aromatic amines is 1. The smallest absolute Gasteiger partial charge is 0.253 e. The van der Waals surface area contributed by atoms with Crippen LogP contribution in [0.2, 0.25) is 0 Å². The summed E-state index contributed by atoms with van der Waals surface area (Å²) in [6, 6.07) is 4.56. The van der Waals surface area contributed by atoms with Crippen molar-refractivity contribution < 1.29 is 4.79 Å². The van der Waals surface area contributed by atoms with Crippen molar-refractivity contribution in [2.75, 3.05) is 5.73 Å². The summed E-state index contributed by atoms with van der Waals surface area (Å²) in [5.41, 5.74) is 5.69. The molecule has 2 aromatic heterocycles. The number of carbonyl (C=O) groups excluding carboxylic acids is 1. The van der Waals surface area contributed by atoms with Gasteiger partial charge in [-0.1, -0.05) is 0 Å². The van der Waals surface area contributed by atoms with Crippen molar-refractivity contribution in [3.63, 3.8) is 0 Å². The molecule has 0 bridgehead atoms. The van der Waals surface area contributed by atoms with Crippen molar-refractivity contribution in [1.82, 2.24) is 15.0 Å². The largest absolute Gasteiger partial charge is 0.383 e. The van der Waals surface area contributed by atoms with Crippen LogP contribution in [0.4, 0.5) is 5.82 Å². The number of ketones is 1. The molecule has 0 aromatic carbocycles. The van der Waals surface area contributed by atoms with Gasteiger partial charge in [0.05, 0.1) is 0 Å². The molecule has 2 heterocycles. The van der Waals surface area contributed by atoms with Gasteiger partial charge in [0.25, 0.3) is 5.56 Å². The van der Waals surface area contributed by atoms with E-state index < -0.39 is 0 Å². The van der Waals surface area contributed by atoms with Crippen LogP contribution in [0.3, 0.4) is 0 Å². The number of Topliss-reactive ketones (excluding diaryl/α,β-unsaturated/α-hetero) is 1. The molecule has 0 aliphatic heterocycles. The molecule has 92 valence electrons. The molecule has 18 heavy (non-hydrogen) atoms. The summed E-state index contributed by atoms with van der Waals surface area (Å²) in [5, 5.41) is 0.983. The first-order chi connectivity index (χ1) is 8.54. The van der Waals surface area contributed by atoms with Crippen molar-refractivity contribution in [2.24, 2.45) is 0 Å². The molecule has 6 nitrogen and oxygen atoms in total. The molecule has 2 rings (SSSR count). The van der Waals surface area contributed by atoms with Gasteiger partial charge in [-0.2, -0.15) is 0 Å². The van der Waals surface area contributed by atoms with E-state index in [1.54, 1.807) is 12.1 Å². The van der Waals surface area contributed by atoms with Gasteiger partial charge in [0, 0.05) is 17.8 Å². The number of aromatic nitrogens is 3. The highest BCUT2D eigenvalue weighted by Gasteiger charge is 2.04. The van der Waals surface area contributed by atoms with Crippen LogP contribution in [-0.4, -0.2) is 20.7 Å². The van der Waals surface area contributed by atoms with Gasteiger partial charge in [0.15, 0.2) is 10.9 Å². The Hall–Kier alpha value is -2.15. The van der Waals surface area contributed by atoms with Crippen molar-refractivity contribution >= 4 is 23.4 Å². The lowest BCUT2D eigenvalue weighted by molar-refractivity contribution is 0.101. The van der Waals surface area contributed by atoms with E-state index in [9.17, 15) is 9.59 Å². The molecule has 3 N–H and O–H groups in total. The number of nitrogens with one attached hydrogen (secondary N) is 1. The minimum atomic E-state index is -0.314. The molecule has 7 heteroatoms. The zero-order valence-electron chi connectivity index (χ0n) is 9.51. The standard InChI is InChI=1S/C11H10N4O2S/c1-6(16)7-2-3-10(13-5-7)18-11-14-8(12)4-9(17)15-11/h2-5H,1H3,(H3,12,14,15,17). The Morgan fingerprint density at radius 1 is 1.44 bits per heavy atom. The second-order valence-electron chi connectivity index (χ2n) is 3.52. The Morgan fingerprint density at radius 2 is 2.22 bits per heavy atom. The number of anilines is 1. The number of nitrogens with zero attached hydrogens (tertiary/aromatic N) is 2. The summed E-state index contributed by atoms with van der Waals surface area (Å²) in [6.07, 6.45) is 1.48. The van der Waals surface area contributed by atoms with Crippen molar-refractivity contribution in [3.05, 3.63) is 40.3 Å². The zero-order chi connectivity index (χ0) is 13.1. The number of hydrogen-bond donors (Lipinski definition) is 2. The number of pyridine rings is 1.